The van der Waals surface area contributed by atoms with Crippen molar-refractivity contribution in [1.29, 1.82) is 0 Å². The fraction of sp³-hybridized carbons (Fsp3) is 1.00. The van der Waals surface area contributed by atoms with Crippen molar-refractivity contribution in [2.24, 2.45) is 0 Å². The quantitative estimate of drug-likeness (QED) is 0.656. The predicted molar refractivity (Wildman–Crippen MR) is 39.9 cm³/mol. The van der Waals surface area contributed by atoms with Crippen molar-refractivity contribution >= 4 is 23.9 Å². The molecule has 3 nitrogen and oxygen atoms in total. The molecule has 0 spiro atoms. The Labute approximate surface area is 78.3 Å². The molecule has 0 aromatic rings. The molecule has 2 atom stereocenters. The number of ether oxygens (including phenoxy) is 1. The minimum absolute atomic E-state index is 0. The molecule has 0 rings (SSSR count). The molecule has 0 aliphatic carbocycles. The van der Waals surface area contributed by atoms with E-state index in [9.17, 15) is 0 Å². The molecule has 0 saturated carbocycles. The SMILES string of the molecule is CC(O)COC(C)CO.[Sn]. The van der Waals surface area contributed by atoms with Gasteiger partial charge in [0.25, 0.3) is 0 Å². The third-order valence-electron chi connectivity index (χ3n) is 0.879. The Morgan fingerprint density at radius 3 is 2.20 bits per heavy atom. The minimum Gasteiger partial charge on any atom is -0.394 e. The summed E-state index contributed by atoms with van der Waals surface area (Å²) in [5.74, 6) is 0. The zero-order valence-corrected chi connectivity index (χ0v) is 9.23. The van der Waals surface area contributed by atoms with Crippen molar-refractivity contribution in [2.45, 2.75) is 26.1 Å². The summed E-state index contributed by atoms with van der Waals surface area (Å²) in [6, 6.07) is 0. The van der Waals surface area contributed by atoms with Gasteiger partial charge >= 0.3 is 0 Å². The first-order valence-corrected chi connectivity index (χ1v) is 3.07. The molecule has 0 aliphatic heterocycles. The summed E-state index contributed by atoms with van der Waals surface area (Å²) in [6.45, 7) is 3.70. The van der Waals surface area contributed by atoms with Gasteiger partial charge in [-0.1, -0.05) is 0 Å². The van der Waals surface area contributed by atoms with Crippen LogP contribution in [-0.4, -0.2) is 59.5 Å². The van der Waals surface area contributed by atoms with E-state index in [1.807, 2.05) is 0 Å². The predicted octanol–water partition coefficient (Wildman–Crippen LogP) is -0.616. The van der Waals surface area contributed by atoms with Crippen LogP contribution in [0.5, 0.6) is 0 Å². The summed E-state index contributed by atoms with van der Waals surface area (Å²) in [4.78, 5) is 0. The maximum absolute atomic E-state index is 8.69. The largest absolute Gasteiger partial charge is 0.394 e. The van der Waals surface area contributed by atoms with E-state index >= 15 is 0 Å². The number of rotatable bonds is 4. The minimum atomic E-state index is -0.445. The first-order valence-electron chi connectivity index (χ1n) is 3.07. The van der Waals surface area contributed by atoms with E-state index in [1.165, 1.54) is 0 Å². The van der Waals surface area contributed by atoms with Crippen molar-refractivity contribution < 1.29 is 14.9 Å². The molecule has 0 fully saturated rings. The molecule has 0 bridgehead atoms. The molecule has 2 unspecified atom stereocenters. The molecule has 60 valence electrons. The maximum Gasteiger partial charge on any atom is 0.0779 e. The summed E-state index contributed by atoms with van der Waals surface area (Å²) < 4.78 is 4.95. The van der Waals surface area contributed by atoms with Gasteiger partial charge in [0.2, 0.25) is 0 Å². The Morgan fingerprint density at radius 2 is 1.90 bits per heavy atom. The summed E-state index contributed by atoms with van der Waals surface area (Å²) in [5.41, 5.74) is 0. The van der Waals surface area contributed by atoms with Crippen molar-refractivity contribution in [1.82, 2.24) is 0 Å². The molecule has 4 radical (unpaired) electrons. The smallest absolute Gasteiger partial charge is 0.0779 e. The molecule has 4 heteroatoms. The van der Waals surface area contributed by atoms with Crippen molar-refractivity contribution in [2.75, 3.05) is 13.2 Å². The number of aliphatic hydroxyl groups is 2. The normalized spacial score (nSPS) is 15.6. The fourth-order valence-electron chi connectivity index (χ4n) is 0.356. The van der Waals surface area contributed by atoms with Crippen LogP contribution in [0.15, 0.2) is 0 Å². The molecule has 0 aromatic heterocycles. The van der Waals surface area contributed by atoms with E-state index in [1.54, 1.807) is 13.8 Å². The summed E-state index contributed by atoms with van der Waals surface area (Å²) in [6.07, 6.45) is -0.612. The van der Waals surface area contributed by atoms with Gasteiger partial charge in [-0.2, -0.15) is 0 Å². The third kappa shape index (κ3) is 8.68. The van der Waals surface area contributed by atoms with E-state index in [0.717, 1.165) is 0 Å². The van der Waals surface area contributed by atoms with Gasteiger partial charge in [-0.15, -0.1) is 0 Å². The molecule has 0 amide bonds. The zero-order valence-electron chi connectivity index (χ0n) is 6.37. The Morgan fingerprint density at radius 1 is 1.40 bits per heavy atom. The van der Waals surface area contributed by atoms with Gasteiger partial charge in [-0.3, -0.25) is 0 Å². The van der Waals surface area contributed by atoms with Gasteiger partial charge in [0.15, 0.2) is 0 Å². The molecule has 10 heavy (non-hydrogen) atoms. The Bertz CT molecular complexity index is 68.0. The van der Waals surface area contributed by atoms with Crippen LogP contribution in [0.4, 0.5) is 0 Å². The Hall–Kier alpha value is 0.679. The standard InChI is InChI=1S/C6H14O3.Sn/c1-5(8)4-9-6(2)3-7;/h5-8H,3-4H2,1-2H3;. The average molecular weight is 253 g/mol. The van der Waals surface area contributed by atoms with Crippen molar-refractivity contribution in [3.8, 4) is 0 Å². The van der Waals surface area contributed by atoms with E-state index in [2.05, 4.69) is 0 Å². The molecule has 2 N–H and O–H groups in total. The third-order valence-corrected chi connectivity index (χ3v) is 0.879. The maximum atomic E-state index is 8.69. The van der Waals surface area contributed by atoms with Crippen LogP contribution in [0.3, 0.4) is 0 Å². The molecular weight excluding hydrogens is 239 g/mol. The van der Waals surface area contributed by atoms with E-state index in [-0.39, 0.29) is 36.6 Å². The van der Waals surface area contributed by atoms with Crippen LogP contribution in [0.25, 0.3) is 0 Å². The van der Waals surface area contributed by atoms with Crippen LogP contribution < -0.4 is 0 Å². The van der Waals surface area contributed by atoms with Gasteiger partial charge in [-0.25, -0.2) is 0 Å². The van der Waals surface area contributed by atoms with Crippen LogP contribution in [0.1, 0.15) is 13.8 Å². The second kappa shape index (κ2) is 7.78. The molecular formula is C6H14O3Sn. The Balaban J connectivity index is 0. The van der Waals surface area contributed by atoms with E-state index < -0.39 is 6.10 Å². The second-order valence-corrected chi connectivity index (χ2v) is 2.18. The second-order valence-electron chi connectivity index (χ2n) is 2.18. The summed E-state index contributed by atoms with van der Waals surface area (Å²) in [5, 5.41) is 17.1. The summed E-state index contributed by atoms with van der Waals surface area (Å²) in [7, 11) is 0. The first-order chi connectivity index (χ1) is 4.16. The molecule has 0 heterocycles. The number of hydrogen-bond donors (Lipinski definition) is 2. The number of aliphatic hydroxyl groups excluding tert-OH is 2. The van der Waals surface area contributed by atoms with Crippen LogP contribution in [-0.2, 0) is 4.74 Å². The topological polar surface area (TPSA) is 49.7 Å². The van der Waals surface area contributed by atoms with Gasteiger partial charge in [0, 0.05) is 23.9 Å². The van der Waals surface area contributed by atoms with Crippen LogP contribution >= 0.6 is 0 Å². The fourth-order valence-corrected chi connectivity index (χ4v) is 0.356. The van der Waals surface area contributed by atoms with E-state index in [0.29, 0.717) is 6.61 Å². The molecule has 0 aliphatic rings. The zero-order chi connectivity index (χ0) is 7.28. The number of hydrogen-bond acceptors (Lipinski definition) is 3. The van der Waals surface area contributed by atoms with E-state index in [4.69, 9.17) is 14.9 Å². The van der Waals surface area contributed by atoms with Gasteiger partial charge in [-0.05, 0) is 13.8 Å². The molecule has 0 saturated heterocycles. The van der Waals surface area contributed by atoms with Gasteiger partial charge in [0.1, 0.15) is 0 Å². The van der Waals surface area contributed by atoms with Crippen LogP contribution in [0.2, 0.25) is 0 Å². The van der Waals surface area contributed by atoms with Gasteiger partial charge < -0.3 is 14.9 Å². The van der Waals surface area contributed by atoms with Crippen molar-refractivity contribution in [3.63, 3.8) is 0 Å². The Kier molecular flexibility index (Phi) is 10.3. The average Bonchev–Trinajstić information content (AvgIpc) is 1.83. The van der Waals surface area contributed by atoms with Crippen molar-refractivity contribution in [3.05, 3.63) is 0 Å². The van der Waals surface area contributed by atoms with Gasteiger partial charge in [0.05, 0.1) is 25.4 Å². The van der Waals surface area contributed by atoms with Crippen LogP contribution in [0, 0.1) is 0 Å². The first kappa shape index (κ1) is 13.3. The molecule has 0 aromatic carbocycles. The monoisotopic (exact) mass is 254 g/mol. The summed E-state index contributed by atoms with van der Waals surface area (Å²) >= 11 is 0.